The second-order valence-electron chi connectivity index (χ2n) is 12.1. The van der Waals surface area contributed by atoms with E-state index in [1.807, 2.05) is 7.28 Å². The van der Waals surface area contributed by atoms with Crippen molar-refractivity contribution in [3.63, 3.8) is 0 Å². The lowest BCUT2D eigenvalue weighted by atomic mass is 9.59. The Bertz CT molecular complexity index is 599. The Balaban J connectivity index is 1.38. The Morgan fingerprint density at radius 2 is 0.750 bits per heavy atom. The molecular weight excluding hydrogens is 445 g/mol. The lowest BCUT2D eigenvalue weighted by Crippen LogP contribution is -2.46. The molecule has 3 fully saturated rings. The summed E-state index contributed by atoms with van der Waals surface area (Å²) in [6.07, 6.45) is 29.1. The van der Waals surface area contributed by atoms with Gasteiger partial charge in [-0.15, -0.1) is 0 Å². The number of rotatable bonds is 5. The van der Waals surface area contributed by atoms with Crippen molar-refractivity contribution in [2.45, 2.75) is 178 Å². The number of hydrogen-bond donors (Lipinski definition) is 3. The molecule has 0 bridgehead atoms. The smallest absolute Gasteiger partial charge is 0.315 e. The van der Waals surface area contributed by atoms with Gasteiger partial charge in [-0.25, -0.2) is 4.79 Å². The maximum Gasteiger partial charge on any atom is 0.315 e. The van der Waals surface area contributed by atoms with Crippen molar-refractivity contribution in [3.05, 3.63) is 0 Å². The fourth-order valence-electron chi connectivity index (χ4n) is 6.63. The highest BCUT2D eigenvalue weighted by atomic mass is 16.2. The summed E-state index contributed by atoms with van der Waals surface area (Å²) in [6.45, 7) is 0. The molecule has 3 N–H and O–H groups in total. The summed E-state index contributed by atoms with van der Waals surface area (Å²) in [6, 6.07) is 0.901. The second-order valence-corrected chi connectivity index (χ2v) is 12.1. The highest BCUT2D eigenvalue weighted by Crippen LogP contribution is 2.25. The Morgan fingerprint density at radius 1 is 0.417 bits per heavy atom. The third-order valence-electron chi connectivity index (χ3n) is 8.87. The average Bonchev–Trinajstić information content (AvgIpc) is 2.84. The zero-order valence-corrected chi connectivity index (χ0v) is 23.2. The van der Waals surface area contributed by atoms with Crippen LogP contribution in [0.3, 0.4) is 0 Å². The van der Waals surface area contributed by atoms with Crippen LogP contribution in [0.15, 0.2) is 0 Å². The van der Waals surface area contributed by atoms with Crippen LogP contribution in [0.25, 0.3) is 0 Å². The van der Waals surface area contributed by atoms with E-state index in [4.69, 9.17) is 0 Å². The number of urea groups is 1. The summed E-state index contributed by atoms with van der Waals surface area (Å²) in [5.41, 5.74) is 0. The SMILES string of the molecule is O=C([B]C1CCCCCCCCC1)NC1CCCCCC(NC(=O)NC2CCCCCCC2)CCC1. The predicted octanol–water partition coefficient (Wildman–Crippen LogP) is 8.00. The van der Waals surface area contributed by atoms with Crippen molar-refractivity contribution in [2.75, 3.05) is 0 Å². The van der Waals surface area contributed by atoms with Crippen LogP contribution in [-0.2, 0) is 0 Å². The van der Waals surface area contributed by atoms with Crippen LogP contribution in [0.4, 0.5) is 9.59 Å². The monoisotopic (exact) mass is 500 g/mol. The molecule has 36 heavy (non-hydrogen) atoms. The molecular formula is C30H55BN3O2. The highest BCUT2D eigenvalue weighted by molar-refractivity contribution is 6.74. The van der Waals surface area contributed by atoms with Gasteiger partial charge in [0.25, 0.3) is 0 Å². The summed E-state index contributed by atoms with van der Waals surface area (Å²) >= 11 is 0. The molecule has 0 saturated heterocycles. The molecule has 0 aromatic rings. The Labute approximate surface area is 222 Å². The number of hydrogen-bond acceptors (Lipinski definition) is 2. The Hall–Kier alpha value is -1.20. The summed E-state index contributed by atoms with van der Waals surface area (Å²) in [5, 5.41) is 9.95. The Kier molecular flexibility index (Phi) is 14.8. The standard InChI is InChI=1S/C30H55BN3O2/c35-29(31-25-17-10-5-2-1-3-6-11-18-25)32-26-19-14-9-15-22-28(24-16-23-26)34-30(36)33-27-20-12-7-4-8-13-21-27/h25-28H,1-24H2,(H,32,35)(H2,33,34,36). The van der Waals surface area contributed by atoms with Gasteiger partial charge in [0.15, 0.2) is 5.81 Å². The first kappa shape index (κ1) is 29.4. The first-order valence-electron chi connectivity index (χ1n) is 15.9. The Morgan fingerprint density at radius 3 is 1.22 bits per heavy atom. The lowest BCUT2D eigenvalue weighted by Gasteiger charge is -2.26. The minimum atomic E-state index is 0.0350. The van der Waals surface area contributed by atoms with Gasteiger partial charge in [-0.1, -0.05) is 115 Å². The van der Waals surface area contributed by atoms with E-state index in [0.29, 0.717) is 11.9 Å². The molecule has 1 radical (unpaired) electrons. The molecule has 3 rings (SSSR count). The minimum Gasteiger partial charge on any atom is -0.363 e. The maximum absolute atomic E-state index is 12.9. The van der Waals surface area contributed by atoms with E-state index in [2.05, 4.69) is 16.0 Å². The van der Waals surface area contributed by atoms with E-state index >= 15 is 0 Å². The van der Waals surface area contributed by atoms with Gasteiger partial charge in [-0.2, -0.15) is 0 Å². The normalized spacial score (nSPS) is 27.0. The molecule has 0 aromatic heterocycles. The van der Waals surface area contributed by atoms with Gasteiger partial charge in [0.2, 0.25) is 7.28 Å². The van der Waals surface area contributed by atoms with Crippen molar-refractivity contribution in [1.29, 1.82) is 0 Å². The second kappa shape index (κ2) is 18.1. The lowest BCUT2D eigenvalue weighted by molar-refractivity contribution is 0.227. The third-order valence-corrected chi connectivity index (χ3v) is 8.87. The largest absolute Gasteiger partial charge is 0.363 e. The molecule has 3 aliphatic rings. The minimum absolute atomic E-state index is 0.0350. The first-order valence-corrected chi connectivity index (χ1v) is 15.9. The number of amides is 3. The van der Waals surface area contributed by atoms with Crippen LogP contribution < -0.4 is 16.0 Å². The molecule has 6 heteroatoms. The summed E-state index contributed by atoms with van der Waals surface area (Å²) in [5.74, 6) is 0.611. The van der Waals surface area contributed by atoms with Gasteiger partial charge in [-0.3, -0.25) is 4.79 Å². The van der Waals surface area contributed by atoms with Gasteiger partial charge in [0.05, 0.1) is 0 Å². The van der Waals surface area contributed by atoms with Crippen molar-refractivity contribution in [1.82, 2.24) is 16.0 Å². The van der Waals surface area contributed by atoms with Crippen molar-refractivity contribution in [3.8, 4) is 0 Å². The van der Waals surface area contributed by atoms with Gasteiger partial charge < -0.3 is 16.0 Å². The van der Waals surface area contributed by atoms with E-state index in [0.717, 1.165) is 57.8 Å². The molecule has 2 atom stereocenters. The van der Waals surface area contributed by atoms with Crippen molar-refractivity contribution < 1.29 is 9.59 Å². The van der Waals surface area contributed by atoms with Crippen LogP contribution in [0.5, 0.6) is 0 Å². The molecule has 2 unspecified atom stereocenters. The topological polar surface area (TPSA) is 70.2 Å². The van der Waals surface area contributed by atoms with Crippen LogP contribution in [-0.4, -0.2) is 37.2 Å². The number of carbonyl (C=O) groups is 2. The molecule has 3 aliphatic carbocycles. The molecule has 3 amide bonds. The van der Waals surface area contributed by atoms with E-state index in [-0.39, 0.29) is 23.9 Å². The molecule has 3 saturated carbocycles. The molecule has 0 aliphatic heterocycles. The summed E-state index contributed by atoms with van der Waals surface area (Å²) < 4.78 is 0. The van der Waals surface area contributed by atoms with Gasteiger partial charge in [0.1, 0.15) is 0 Å². The quantitative estimate of drug-likeness (QED) is 0.335. The van der Waals surface area contributed by atoms with E-state index in [1.54, 1.807) is 0 Å². The molecule has 0 heterocycles. The predicted molar refractivity (Wildman–Crippen MR) is 152 cm³/mol. The van der Waals surface area contributed by atoms with Gasteiger partial charge >= 0.3 is 6.03 Å². The zero-order valence-electron chi connectivity index (χ0n) is 23.2. The highest BCUT2D eigenvalue weighted by Gasteiger charge is 2.22. The zero-order chi connectivity index (χ0) is 25.3. The van der Waals surface area contributed by atoms with E-state index < -0.39 is 0 Å². The van der Waals surface area contributed by atoms with Crippen molar-refractivity contribution >= 4 is 19.1 Å². The number of carbonyl (C=O) groups excluding carboxylic acids is 2. The number of nitrogens with one attached hydrogen (secondary N) is 3. The van der Waals surface area contributed by atoms with Gasteiger partial charge in [-0.05, 0) is 44.9 Å². The van der Waals surface area contributed by atoms with E-state index in [9.17, 15) is 9.59 Å². The average molecular weight is 501 g/mol. The molecule has 0 spiro atoms. The summed E-state index contributed by atoms with van der Waals surface area (Å²) in [4.78, 5) is 25.6. The first-order chi connectivity index (χ1) is 17.7. The molecule has 205 valence electrons. The van der Waals surface area contributed by atoms with Crippen molar-refractivity contribution in [2.24, 2.45) is 0 Å². The molecule has 5 nitrogen and oxygen atoms in total. The van der Waals surface area contributed by atoms with Crippen LogP contribution >= 0.6 is 0 Å². The maximum atomic E-state index is 12.9. The molecule has 0 aromatic carbocycles. The van der Waals surface area contributed by atoms with Crippen LogP contribution in [0.1, 0.15) is 154 Å². The van der Waals surface area contributed by atoms with Crippen LogP contribution in [0, 0.1) is 0 Å². The summed E-state index contributed by atoms with van der Waals surface area (Å²) in [7, 11) is 2.02. The fraction of sp³-hybridized carbons (Fsp3) is 0.933. The van der Waals surface area contributed by atoms with Gasteiger partial charge in [0, 0.05) is 18.1 Å². The third kappa shape index (κ3) is 12.9. The van der Waals surface area contributed by atoms with Crippen LogP contribution in [0.2, 0.25) is 5.82 Å². The van der Waals surface area contributed by atoms with E-state index in [1.165, 1.54) is 96.3 Å². The fourth-order valence-corrected chi connectivity index (χ4v) is 6.63.